The second-order valence-corrected chi connectivity index (χ2v) is 5.15. The SMILES string of the molecule is Brc1ccc(-c2noc([C@@H]3CCC[NH2+]3)n2)cc1. The van der Waals surface area contributed by atoms with E-state index in [1.807, 2.05) is 24.3 Å². The minimum atomic E-state index is 0.353. The molecule has 2 heterocycles. The van der Waals surface area contributed by atoms with Crippen molar-refractivity contribution in [1.82, 2.24) is 10.1 Å². The fraction of sp³-hybridized carbons (Fsp3) is 0.333. The minimum Gasteiger partial charge on any atom is -0.336 e. The van der Waals surface area contributed by atoms with E-state index in [-0.39, 0.29) is 0 Å². The van der Waals surface area contributed by atoms with Crippen molar-refractivity contribution in [1.29, 1.82) is 0 Å². The van der Waals surface area contributed by atoms with Gasteiger partial charge in [-0.25, -0.2) is 0 Å². The summed E-state index contributed by atoms with van der Waals surface area (Å²) in [6, 6.07) is 8.28. The maximum absolute atomic E-state index is 5.33. The lowest BCUT2D eigenvalue weighted by molar-refractivity contribution is -0.678. The van der Waals surface area contributed by atoms with Crippen LogP contribution in [0.1, 0.15) is 24.8 Å². The van der Waals surface area contributed by atoms with E-state index in [0.29, 0.717) is 11.9 Å². The predicted molar refractivity (Wildman–Crippen MR) is 66.2 cm³/mol. The molecule has 0 saturated carbocycles. The first-order valence-electron chi connectivity index (χ1n) is 5.76. The molecule has 17 heavy (non-hydrogen) atoms. The molecule has 0 spiro atoms. The smallest absolute Gasteiger partial charge is 0.285 e. The van der Waals surface area contributed by atoms with Gasteiger partial charge in [0.1, 0.15) is 0 Å². The van der Waals surface area contributed by atoms with Gasteiger partial charge in [0, 0.05) is 22.9 Å². The first kappa shape index (κ1) is 10.9. The van der Waals surface area contributed by atoms with Crippen molar-refractivity contribution in [2.75, 3.05) is 6.54 Å². The molecule has 0 aliphatic carbocycles. The summed E-state index contributed by atoms with van der Waals surface area (Å²) < 4.78 is 6.38. The van der Waals surface area contributed by atoms with Crippen LogP contribution in [0.2, 0.25) is 0 Å². The molecular formula is C12H13BrN3O+. The highest BCUT2D eigenvalue weighted by molar-refractivity contribution is 9.10. The van der Waals surface area contributed by atoms with Crippen molar-refractivity contribution in [2.45, 2.75) is 18.9 Å². The van der Waals surface area contributed by atoms with Crippen molar-refractivity contribution in [2.24, 2.45) is 0 Å². The molecule has 0 bridgehead atoms. The third kappa shape index (κ3) is 2.25. The highest BCUT2D eigenvalue weighted by Gasteiger charge is 2.26. The van der Waals surface area contributed by atoms with Crippen LogP contribution in [0, 0.1) is 0 Å². The molecule has 1 aromatic carbocycles. The number of nitrogens with zero attached hydrogens (tertiary/aromatic N) is 2. The summed E-state index contributed by atoms with van der Waals surface area (Å²) in [5, 5.41) is 6.30. The largest absolute Gasteiger partial charge is 0.336 e. The van der Waals surface area contributed by atoms with Crippen molar-refractivity contribution in [3.05, 3.63) is 34.6 Å². The zero-order chi connectivity index (χ0) is 11.7. The van der Waals surface area contributed by atoms with Crippen LogP contribution in [0.15, 0.2) is 33.3 Å². The number of benzene rings is 1. The number of halogens is 1. The number of aromatic nitrogens is 2. The van der Waals surface area contributed by atoms with Gasteiger partial charge >= 0.3 is 0 Å². The van der Waals surface area contributed by atoms with E-state index in [9.17, 15) is 0 Å². The van der Waals surface area contributed by atoms with Crippen LogP contribution in [0.25, 0.3) is 11.4 Å². The van der Waals surface area contributed by atoms with Gasteiger partial charge in [-0.2, -0.15) is 4.98 Å². The summed E-state index contributed by atoms with van der Waals surface area (Å²) in [5.74, 6) is 1.42. The molecule has 0 radical (unpaired) electrons. The molecule has 1 saturated heterocycles. The van der Waals surface area contributed by atoms with E-state index in [1.54, 1.807) is 0 Å². The summed E-state index contributed by atoms with van der Waals surface area (Å²) >= 11 is 3.41. The zero-order valence-corrected chi connectivity index (χ0v) is 10.9. The lowest BCUT2D eigenvalue weighted by atomic mass is 10.2. The predicted octanol–water partition coefficient (Wildman–Crippen LogP) is 1.90. The van der Waals surface area contributed by atoms with E-state index in [4.69, 9.17) is 4.52 Å². The molecule has 1 aliphatic rings. The van der Waals surface area contributed by atoms with Crippen LogP contribution in [0.3, 0.4) is 0 Å². The lowest BCUT2D eigenvalue weighted by Gasteiger charge is -1.98. The molecular weight excluding hydrogens is 282 g/mol. The maximum atomic E-state index is 5.33. The molecule has 2 aromatic rings. The van der Waals surface area contributed by atoms with Gasteiger partial charge in [0.2, 0.25) is 5.82 Å². The van der Waals surface area contributed by atoms with Gasteiger partial charge in [-0.05, 0) is 24.3 Å². The Hall–Kier alpha value is -1.20. The van der Waals surface area contributed by atoms with Crippen LogP contribution >= 0.6 is 15.9 Å². The third-order valence-electron chi connectivity index (χ3n) is 3.03. The number of hydrogen-bond acceptors (Lipinski definition) is 3. The summed E-state index contributed by atoms with van der Waals surface area (Å²) in [5.41, 5.74) is 0.987. The second kappa shape index (κ2) is 4.58. The maximum Gasteiger partial charge on any atom is 0.285 e. The van der Waals surface area contributed by atoms with Crippen LogP contribution in [-0.2, 0) is 0 Å². The normalized spacial score (nSPS) is 19.7. The van der Waals surface area contributed by atoms with Crippen molar-refractivity contribution < 1.29 is 9.84 Å². The summed E-state index contributed by atoms with van der Waals surface area (Å²) in [4.78, 5) is 4.47. The Morgan fingerprint density at radius 2 is 2.12 bits per heavy atom. The van der Waals surface area contributed by atoms with E-state index in [1.165, 1.54) is 6.42 Å². The van der Waals surface area contributed by atoms with Crippen molar-refractivity contribution in [3.8, 4) is 11.4 Å². The Morgan fingerprint density at radius 3 is 2.82 bits per heavy atom. The number of quaternary nitrogens is 1. The average molecular weight is 295 g/mol. The number of nitrogens with two attached hydrogens (primary N) is 1. The minimum absolute atomic E-state index is 0.353. The topological polar surface area (TPSA) is 55.5 Å². The number of hydrogen-bond donors (Lipinski definition) is 1. The van der Waals surface area contributed by atoms with Gasteiger partial charge in [0.25, 0.3) is 5.89 Å². The van der Waals surface area contributed by atoms with Crippen molar-refractivity contribution in [3.63, 3.8) is 0 Å². The van der Waals surface area contributed by atoms with Gasteiger partial charge in [0.15, 0.2) is 6.04 Å². The molecule has 5 heteroatoms. The Morgan fingerprint density at radius 1 is 1.29 bits per heavy atom. The first-order valence-corrected chi connectivity index (χ1v) is 6.55. The third-order valence-corrected chi connectivity index (χ3v) is 3.56. The van der Waals surface area contributed by atoms with E-state index in [0.717, 1.165) is 28.9 Å². The first-order chi connectivity index (χ1) is 8.33. The van der Waals surface area contributed by atoms with E-state index in [2.05, 4.69) is 31.4 Å². The second-order valence-electron chi connectivity index (χ2n) is 4.24. The Kier molecular flexibility index (Phi) is 2.94. The molecule has 4 nitrogen and oxygen atoms in total. The van der Waals surface area contributed by atoms with Crippen LogP contribution < -0.4 is 5.32 Å². The van der Waals surface area contributed by atoms with Gasteiger partial charge in [-0.1, -0.05) is 21.1 Å². The van der Waals surface area contributed by atoms with Crippen LogP contribution in [-0.4, -0.2) is 16.7 Å². The molecule has 2 N–H and O–H groups in total. The molecule has 88 valence electrons. The van der Waals surface area contributed by atoms with Gasteiger partial charge < -0.3 is 9.84 Å². The molecule has 0 unspecified atom stereocenters. The Balaban J connectivity index is 1.86. The molecule has 1 aromatic heterocycles. The number of rotatable bonds is 2. The highest BCUT2D eigenvalue weighted by atomic mass is 79.9. The molecule has 0 amide bonds. The Labute approximate surface area is 108 Å². The fourth-order valence-corrected chi connectivity index (χ4v) is 2.37. The molecule has 3 rings (SSSR count). The quantitative estimate of drug-likeness (QED) is 0.920. The zero-order valence-electron chi connectivity index (χ0n) is 9.27. The summed E-state index contributed by atoms with van der Waals surface area (Å²) in [7, 11) is 0. The molecule has 1 fully saturated rings. The summed E-state index contributed by atoms with van der Waals surface area (Å²) in [6.07, 6.45) is 2.35. The fourth-order valence-electron chi connectivity index (χ4n) is 2.10. The summed E-state index contributed by atoms with van der Waals surface area (Å²) in [6.45, 7) is 1.15. The molecule has 1 aliphatic heterocycles. The Bertz CT molecular complexity index is 503. The van der Waals surface area contributed by atoms with Gasteiger partial charge in [0.05, 0.1) is 6.54 Å². The average Bonchev–Trinajstić information content (AvgIpc) is 3.00. The molecule has 1 atom stereocenters. The van der Waals surface area contributed by atoms with Gasteiger partial charge in [-0.15, -0.1) is 0 Å². The van der Waals surface area contributed by atoms with Crippen LogP contribution in [0.5, 0.6) is 0 Å². The van der Waals surface area contributed by atoms with Crippen molar-refractivity contribution >= 4 is 15.9 Å². The highest BCUT2D eigenvalue weighted by Crippen LogP contribution is 2.22. The van der Waals surface area contributed by atoms with Crippen LogP contribution in [0.4, 0.5) is 0 Å². The lowest BCUT2D eigenvalue weighted by Crippen LogP contribution is -2.81. The van der Waals surface area contributed by atoms with Gasteiger partial charge in [-0.3, -0.25) is 0 Å². The van der Waals surface area contributed by atoms with E-state index < -0.39 is 0 Å². The monoisotopic (exact) mass is 294 g/mol. The van der Waals surface area contributed by atoms with E-state index >= 15 is 0 Å². The standard InChI is InChI=1S/C12H12BrN3O/c13-9-5-3-8(4-6-9)11-15-12(17-16-11)10-2-1-7-14-10/h3-6,10,14H,1-2,7H2/p+1/t10-/m0/s1.